The lowest BCUT2D eigenvalue weighted by Gasteiger charge is -2.33. The van der Waals surface area contributed by atoms with Crippen molar-refractivity contribution < 1.29 is 5.11 Å². The van der Waals surface area contributed by atoms with E-state index in [2.05, 4.69) is 11.9 Å². The van der Waals surface area contributed by atoms with Crippen molar-refractivity contribution in [3.8, 4) is 0 Å². The molecule has 15 heavy (non-hydrogen) atoms. The minimum absolute atomic E-state index is 0.608. The molecule has 0 bridgehead atoms. The molecule has 0 aromatic rings. The van der Waals surface area contributed by atoms with E-state index in [-0.39, 0.29) is 0 Å². The standard InChI is InChI=1S/C13H21NO/c1-4-11(2)5-6-12(3)13(15)7-9-14-10-8-13/h4-6,14-15H,1,7-10H2,2-3H3/b11-5-,12-6+. The number of hydrogen-bond acceptors (Lipinski definition) is 2. The van der Waals surface area contributed by atoms with Crippen LogP contribution < -0.4 is 5.32 Å². The molecule has 84 valence electrons. The van der Waals surface area contributed by atoms with Gasteiger partial charge < -0.3 is 10.4 Å². The van der Waals surface area contributed by atoms with Gasteiger partial charge in [-0.1, -0.05) is 30.4 Å². The predicted octanol–water partition coefficient (Wildman–Crippen LogP) is 2.18. The molecular formula is C13H21NO. The van der Waals surface area contributed by atoms with Crippen LogP contribution >= 0.6 is 0 Å². The van der Waals surface area contributed by atoms with Crippen molar-refractivity contribution >= 4 is 0 Å². The van der Waals surface area contributed by atoms with Crippen molar-refractivity contribution in [2.24, 2.45) is 0 Å². The fourth-order valence-electron chi connectivity index (χ4n) is 1.71. The van der Waals surface area contributed by atoms with Gasteiger partial charge in [-0.05, 0) is 45.4 Å². The number of nitrogens with one attached hydrogen (secondary N) is 1. The molecule has 0 amide bonds. The van der Waals surface area contributed by atoms with Gasteiger partial charge in [-0.3, -0.25) is 0 Å². The van der Waals surface area contributed by atoms with Gasteiger partial charge in [-0.25, -0.2) is 0 Å². The van der Waals surface area contributed by atoms with Crippen molar-refractivity contribution in [2.75, 3.05) is 13.1 Å². The molecule has 0 radical (unpaired) electrons. The summed E-state index contributed by atoms with van der Waals surface area (Å²) < 4.78 is 0. The quantitative estimate of drug-likeness (QED) is 0.695. The van der Waals surface area contributed by atoms with Crippen LogP contribution in [-0.2, 0) is 0 Å². The number of aliphatic hydroxyl groups is 1. The molecule has 2 nitrogen and oxygen atoms in total. The van der Waals surface area contributed by atoms with Gasteiger partial charge in [0.15, 0.2) is 0 Å². The molecule has 2 N–H and O–H groups in total. The van der Waals surface area contributed by atoms with Crippen molar-refractivity contribution in [2.45, 2.75) is 32.3 Å². The van der Waals surface area contributed by atoms with E-state index in [9.17, 15) is 5.11 Å². The third kappa shape index (κ3) is 3.33. The highest BCUT2D eigenvalue weighted by molar-refractivity contribution is 5.26. The van der Waals surface area contributed by atoms with Crippen molar-refractivity contribution in [3.05, 3.63) is 36.0 Å². The van der Waals surface area contributed by atoms with Crippen molar-refractivity contribution in [1.82, 2.24) is 5.32 Å². The topological polar surface area (TPSA) is 32.3 Å². The van der Waals surface area contributed by atoms with Crippen LogP contribution in [-0.4, -0.2) is 23.8 Å². The van der Waals surface area contributed by atoms with E-state index in [1.807, 2.05) is 32.1 Å². The lowest BCUT2D eigenvalue weighted by molar-refractivity contribution is 0.0464. The maximum Gasteiger partial charge on any atom is 0.0881 e. The summed E-state index contributed by atoms with van der Waals surface area (Å²) in [6.45, 7) is 9.49. The van der Waals surface area contributed by atoms with Crippen LogP contribution in [0.25, 0.3) is 0 Å². The van der Waals surface area contributed by atoms with E-state index in [1.54, 1.807) is 0 Å². The first-order valence-corrected chi connectivity index (χ1v) is 5.50. The summed E-state index contributed by atoms with van der Waals surface area (Å²) in [4.78, 5) is 0. The fourth-order valence-corrected chi connectivity index (χ4v) is 1.71. The van der Waals surface area contributed by atoms with Crippen LogP contribution in [0.1, 0.15) is 26.7 Å². The molecule has 0 spiro atoms. The van der Waals surface area contributed by atoms with Crippen LogP contribution in [0.2, 0.25) is 0 Å². The van der Waals surface area contributed by atoms with Gasteiger partial charge in [0.1, 0.15) is 0 Å². The normalized spacial score (nSPS) is 22.6. The van der Waals surface area contributed by atoms with Crippen molar-refractivity contribution in [1.29, 1.82) is 0 Å². The minimum atomic E-state index is -0.608. The number of piperidine rings is 1. The zero-order chi connectivity index (χ0) is 11.3. The van der Waals surface area contributed by atoms with Gasteiger partial charge in [0, 0.05) is 0 Å². The molecule has 1 fully saturated rings. The Labute approximate surface area is 92.4 Å². The van der Waals surface area contributed by atoms with Crippen LogP contribution in [0.15, 0.2) is 36.0 Å². The highest BCUT2D eigenvalue weighted by Gasteiger charge is 2.30. The van der Waals surface area contributed by atoms with Crippen molar-refractivity contribution in [3.63, 3.8) is 0 Å². The molecule has 2 heteroatoms. The fraction of sp³-hybridized carbons (Fsp3) is 0.538. The van der Waals surface area contributed by atoms with Crippen LogP contribution in [0, 0.1) is 0 Å². The molecule has 0 atom stereocenters. The summed E-state index contributed by atoms with van der Waals surface area (Å²) in [6, 6.07) is 0. The SMILES string of the molecule is C=C/C(C)=C\C=C(/C)C1(O)CCNCC1. The largest absolute Gasteiger partial charge is 0.385 e. The van der Waals surface area contributed by atoms with E-state index in [0.717, 1.165) is 37.1 Å². The number of hydrogen-bond donors (Lipinski definition) is 2. The molecular weight excluding hydrogens is 186 g/mol. The molecule has 0 aromatic heterocycles. The summed E-state index contributed by atoms with van der Waals surface area (Å²) in [5.41, 5.74) is 1.56. The Bertz CT molecular complexity index is 283. The Hall–Kier alpha value is -0.860. The molecule has 0 aliphatic carbocycles. The zero-order valence-corrected chi connectivity index (χ0v) is 9.71. The van der Waals surface area contributed by atoms with Gasteiger partial charge >= 0.3 is 0 Å². The number of rotatable bonds is 3. The predicted molar refractivity (Wildman–Crippen MR) is 64.8 cm³/mol. The van der Waals surface area contributed by atoms with Crippen LogP contribution in [0.3, 0.4) is 0 Å². The molecule has 1 aliphatic rings. The Morgan fingerprint density at radius 3 is 2.40 bits per heavy atom. The summed E-state index contributed by atoms with van der Waals surface area (Å²) in [5.74, 6) is 0. The Morgan fingerprint density at radius 2 is 1.87 bits per heavy atom. The van der Waals surface area contributed by atoms with Crippen LogP contribution in [0.4, 0.5) is 0 Å². The zero-order valence-electron chi connectivity index (χ0n) is 9.71. The Kier molecular flexibility index (Phi) is 4.30. The average Bonchev–Trinajstić information content (AvgIpc) is 2.26. The van der Waals surface area contributed by atoms with Crippen LogP contribution in [0.5, 0.6) is 0 Å². The van der Waals surface area contributed by atoms with E-state index in [1.165, 1.54) is 0 Å². The van der Waals surface area contributed by atoms with E-state index >= 15 is 0 Å². The second kappa shape index (κ2) is 5.29. The van der Waals surface area contributed by atoms with E-state index in [0.29, 0.717) is 0 Å². The summed E-state index contributed by atoms with van der Waals surface area (Å²) in [6.07, 6.45) is 7.42. The Balaban J connectivity index is 2.73. The third-order valence-electron chi connectivity index (χ3n) is 3.08. The first-order chi connectivity index (χ1) is 7.08. The molecule has 1 heterocycles. The maximum atomic E-state index is 10.4. The molecule has 1 saturated heterocycles. The van der Waals surface area contributed by atoms with E-state index in [4.69, 9.17) is 0 Å². The average molecular weight is 207 g/mol. The molecule has 0 aromatic carbocycles. The van der Waals surface area contributed by atoms with Gasteiger partial charge in [0.05, 0.1) is 5.60 Å². The molecule has 0 saturated carbocycles. The lowest BCUT2D eigenvalue weighted by atomic mass is 9.85. The first kappa shape index (κ1) is 12.2. The maximum absolute atomic E-state index is 10.4. The Morgan fingerprint density at radius 1 is 1.27 bits per heavy atom. The second-order valence-corrected chi connectivity index (χ2v) is 4.25. The monoisotopic (exact) mass is 207 g/mol. The minimum Gasteiger partial charge on any atom is -0.385 e. The van der Waals surface area contributed by atoms with Gasteiger partial charge in [-0.15, -0.1) is 0 Å². The highest BCUT2D eigenvalue weighted by atomic mass is 16.3. The van der Waals surface area contributed by atoms with E-state index < -0.39 is 5.60 Å². The molecule has 0 unspecified atom stereocenters. The number of allylic oxidation sites excluding steroid dienone is 4. The van der Waals surface area contributed by atoms with Gasteiger partial charge in [0.25, 0.3) is 0 Å². The third-order valence-corrected chi connectivity index (χ3v) is 3.08. The smallest absolute Gasteiger partial charge is 0.0881 e. The second-order valence-electron chi connectivity index (χ2n) is 4.25. The molecule has 1 rings (SSSR count). The van der Waals surface area contributed by atoms with Gasteiger partial charge in [-0.2, -0.15) is 0 Å². The molecule has 1 aliphatic heterocycles. The summed E-state index contributed by atoms with van der Waals surface area (Å²) in [5, 5.41) is 13.6. The summed E-state index contributed by atoms with van der Waals surface area (Å²) >= 11 is 0. The summed E-state index contributed by atoms with van der Waals surface area (Å²) in [7, 11) is 0. The lowest BCUT2D eigenvalue weighted by Crippen LogP contribution is -2.42. The van der Waals surface area contributed by atoms with Gasteiger partial charge in [0.2, 0.25) is 0 Å². The first-order valence-electron chi connectivity index (χ1n) is 5.50. The highest BCUT2D eigenvalue weighted by Crippen LogP contribution is 2.26.